The number of hydrogen-bond acceptors (Lipinski definition) is 3. The fourth-order valence-corrected chi connectivity index (χ4v) is 2.95. The fourth-order valence-electron chi connectivity index (χ4n) is 2.95. The molecule has 0 N–H and O–H groups in total. The van der Waals surface area contributed by atoms with Gasteiger partial charge in [-0.1, -0.05) is 35.9 Å². The Labute approximate surface area is 135 Å². The summed E-state index contributed by atoms with van der Waals surface area (Å²) in [4.78, 5) is 19.6. The molecule has 122 valence electrons. The predicted octanol–water partition coefficient (Wildman–Crippen LogP) is 3.13. The van der Waals surface area contributed by atoms with Gasteiger partial charge in [0.15, 0.2) is 6.10 Å². The number of oxime groups is 1. The van der Waals surface area contributed by atoms with Crippen LogP contribution in [0.15, 0.2) is 42.1 Å². The molecule has 0 radical (unpaired) electrons. The van der Waals surface area contributed by atoms with Gasteiger partial charge in [0.1, 0.15) is 5.82 Å². The van der Waals surface area contributed by atoms with Crippen molar-refractivity contribution in [1.82, 2.24) is 4.90 Å². The summed E-state index contributed by atoms with van der Waals surface area (Å²) in [5.74, 6) is 0.00592. The summed E-state index contributed by atoms with van der Waals surface area (Å²) in [5.41, 5.74) is 1.07. The van der Waals surface area contributed by atoms with Crippen LogP contribution in [-0.2, 0) is 9.63 Å². The lowest BCUT2D eigenvalue weighted by molar-refractivity contribution is -0.139. The summed E-state index contributed by atoms with van der Waals surface area (Å²) < 4.78 is 13.8. The van der Waals surface area contributed by atoms with Crippen LogP contribution in [-0.4, -0.2) is 35.7 Å². The highest BCUT2D eigenvalue weighted by atomic mass is 19.1. The Hall–Kier alpha value is -2.17. The van der Waals surface area contributed by atoms with Crippen LogP contribution in [0.25, 0.3) is 0 Å². The van der Waals surface area contributed by atoms with Gasteiger partial charge in [-0.05, 0) is 18.9 Å². The average molecular weight is 316 g/mol. The quantitative estimate of drug-likeness (QED) is 0.757. The maximum absolute atomic E-state index is 13.8. The normalized spacial score (nSPS) is 20.4. The molecule has 1 aliphatic heterocycles. The first-order chi connectivity index (χ1) is 11.2. The summed E-state index contributed by atoms with van der Waals surface area (Å²) in [6.45, 7) is 4.69. The molecule has 1 atom stereocenters. The second-order valence-corrected chi connectivity index (χ2v) is 6.11. The SMILES string of the molecule is C=CCN(C[C@@H]1CC(c2ccccc2F)=NO1)C(=O)C1CCC1. The number of halogens is 1. The van der Waals surface area contributed by atoms with Crippen molar-refractivity contribution < 1.29 is 14.0 Å². The van der Waals surface area contributed by atoms with Gasteiger partial charge in [0, 0.05) is 24.4 Å². The largest absolute Gasteiger partial charge is 0.390 e. The lowest BCUT2D eigenvalue weighted by atomic mass is 9.84. The summed E-state index contributed by atoms with van der Waals surface area (Å²) in [7, 11) is 0. The molecule has 23 heavy (non-hydrogen) atoms. The molecule has 1 aromatic rings. The van der Waals surface area contributed by atoms with Crippen molar-refractivity contribution in [2.45, 2.75) is 31.8 Å². The lowest BCUT2D eigenvalue weighted by Crippen LogP contribution is -2.43. The summed E-state index contributed by atoms with van der Waals surface area (Å²) in [6.07, 6.45) is 5.06. The Morgan fingerprint density at radius 3 is 2.87 bits per heavy atom. The van der Waals surface area contributed by atoms with Crippen LogP contribution in [0.1, 0.15) is 31.2 Å². The van der Waals surface area contributed by atoms with Crippen molar-refractivity contribution >= 4 is 11.6 Å². The van der Waals surface area contributed by atoms with E-state index in [1.54, 1.807) is 29.2 Å². The highest BCUT2D eigenvalue weighted by molar-refractivity contribution is 6.01. The van der Waals surface area contributed by atoms with Gasteiger partial charge in [0.2, 0.25) is 5.91 Å². The Kier molecular flexibility index (Phi) is 4.74. The molecule has 5 heteroatoms. The van der Waals surface area contributed by atoms with Crippen LogP contribution < -0.4 is 0 Å². The lowest BCUT2D eigenvalue weighted by Gasteiger charge is -2.32. The second kappa shape index (κ2) is 6.94. The Morgan fingerprint density at radius 2 is 2.22 bits per heavy atom. The van der Waals surface area contributed by atoms with E-state index in [0.29, 0.717) is 30.8 Å². The molecule has 1 aliphatic carbocycles. The van der Waals surface area contributed by atoms with Gasteiger partial charge in [-0.15, -0.1) is 6.58 Å². The van der Waals surface area contributed by atoms with Crippen molar-refractivity contribution in [3.8, 4) is 0 Å². The van der Waals surface area contributed by atoms with E-state index in [9.17, 15) is 9.18 Å². The minimum atomic E-state index is -0.302. The zero-order valence-electron chi connectivity index (χ0n) is 13.1. The fraction of sp³-hybridized carbons (Fsp3) is 0.444. The monoisotopic (exact) mass is 316 g/mol. The molecule has 4 nitrogen and oxygen atoms in total. The summed E-state index contributed by atoms with van der Waals surface area (Å²) >= 11 is 0. The van der Waals surface area contributed by atoms with Crippen molar-refractivity contribution in [3.63, 3.8) is 0 Å². The number of carbonyl (C=O) groups excluding carboxylic acids is 1. The highest BCUT2D eigenvalue weighted by Crippen LogP contribution is 2.29. The minimum Gasteiger partial charge on any atom is -0.390 e. The smallest absolute Gasteiger partial charge is 0.226 e. The Bertz CT molecular complexity index is 625. The predicted molar refractivity (Wildman–Crippen MR) is 86.5 cm³/mol. The van der Waals surface area contributed by atoms with Crippen LogP contribution in [0.4, 0.5) is 4.39 Å². The van der Waals surface area contributed by atoms with E-state index >= 15 is 0 Å². The van der Waals surface area contributed by atoms with Gasteiger partial charge in [0.05, 0.1) is 12.3 Å². The number of rotatable bonds is 6. The van der Waals surface area contributed by atoms with Gasteiger partial charge < -0.3 is 9.74 Å². The van der Waals surface area contributed by atoms with Gasteiger partial charge in [-0.2, -0.15) is 0 Å². The molecule has 1 fully saturated rings. The summed E-state index contributed by atoms with van der Waals surface area (Å²) in [6, 6.07) is 6.53. The highest BCUT2D eigenvalue weighted by Gasteiger charge is 2.32. The topological polar surface area (TPSA) is 41.9 Å². The third kappa shape index (κ3) is 3.44. The van der Waals surface area contributed by atoms with Crippen molar-refractivity contribution in [2.24, 2.45) is 11.1 Å². The molecule has 0 saturated heterocycles. The van der Waals surface area contributed by atoms with E-state index in [0.717, 1.165) is 19.3 Å². The first-order valence-corrected chi connectivity index (χ1v) is 8.06. The van der Waals surface area contributed by atoms with Crippen molar-refractivity contribution in [2.75, 3.05) is 13.1 Å². The molecule has 0 bridgehead atoms. The third-order valence-electron chi connectivity index (χ3n) is 4.46. The van der Waals surface area contributed by atoms with Gasteiger partial charge in [-0.3, -0.25) is 4.79 Å². The van der Waals surface area contributed by atoms with Crippen LogP contribution in [0.3, 0.4) is 0 Å². The van der Waals surface area contributed by atoms with E-state index in [2.05, 4.69) is 11.7 Å². The first kappa shape index (κ1) is 15.7. The molecule has 1 amide bonds. The summed E-state index contributed by atoms with van der Waals surface area (Å²) in [5, 5.41) is 4.01. The zero-order valence-corrected chi connectivity index (χ0v) is 13.1. The molecule has 0 unspecified atom stereocenters. The molecular weight excluding hydrogens is 295 g/mol. The molecule has 0 spiro atoms. The molecule has 1 aromatic carbocycles. The van der Waals surface area contributed by atoms with Gasteiger partial charge in [0.25, 0.3) is 0 Å². The second-order valence-electron chi connectivity index (χ2n) is 6.11. The van der Waals surface area contributed by atoms with Gasteiger partial charge >= 0.3 is 0 Å². The van der Waals surface area contributed by atoms with E-state index in [-0.39, 0.29) is 23.7 Å². The number of nitrogens with zero attached hydrogens (tertiary/aromatic N) is 2. The van der Waals surface area contributed by atoms with Crippen LogP contribution in [0.2, 0.25) is 0 Å². The van der Waals surface area contributed by atoms with Crippen molar-refractivity contribution in [3.05, 3.63) is 48.3 Å². The van der Waals surface area contributed by atoms with E-state index < -0.39 is 0 Å². The maximum atomic E-state index is 13.8. The van der Waals surface area contributed by atoms with Gasteiger partial charge in [-0.25, -0.2) is 4.39 Å². The van der Waals surface area contributed by atoms with E-state index in [1.807, 2.05) is 0 Å². The standard InChI is InChI=1S/C18H21FN2O2/c1-2-10-21(18(22)13-6-5-7-13)12-14-11-17(20-23-14)15-8-3-4-9-16(15)19/h2-4,8-9,13-14H,1,5-7,10-12H2/t14-/m0/s1. The number of benzene rings is 1. The molecule has 1 heterocycles. The molecule has 2 aliphatic rings. The zero-order chi connectivity index (χ0) is 16.2. The Morgan fingerprint density at radius 1 is 1.43 bits per heavy atom. The average Bonchev–Trinajstić information content (AvgIpc) is 2.94. The molecule has 0 aromatic heterocycles. The Balaban J connectivity index is 1.61. The molecule has 1 saturated carbocycles. The maximum Gasteiger partial charge on any atom is 0.226 e. The molecule has 3 rings (SSSR count). The van der Waals surface area contributed by atoms with E-state index in [1.165, 1.54) is 6.07 Å². The third-order valence-corrected chi connectivity index (χ3v) is 4.46. The van der Waals surface area contributed by atoms with Crippen molar-refractivity contribution in [1.29, 1.82) is 0 Å². The minimum absolute atomic E-state index is 0.142. The van der Waals surface area contributed by atoms with Crippen LogP contribution in [0.5, 0.6) is 0 Å². The van der Waals surface area contributed by atoms with Crippen LogP contribution >= 0.6 is 0 Å². The number of carbonyl (C=O) groups is 1. The number of amides is 1. The van der Waals surface area contributed by atoms with E-state index in [4.69, 9.17) is 4.84 Å². The first-order valence-electron chi connectivity index (χ1n) is 8.06. The number of hydrogen-bond donors (Lipinski definition) is 0. The molecular formula is C18H21FN2O2. The van der Waals surface area contributed by atoms with Crippen LogP contribution in [0, 0.1) is 11.7 Å².